The standard InChI is InChI=1S/C7H11N5/c1-10(2)12-7-6(8)3-4-11(7)5-9-12/h3-5H,8H2,1-2H3. The SMILES string of the molecule is CN(C)n1ncn2ccc(N)c12. The van der Waals surface area contributed by atoms with Gasteiger partial charge in [0.1, 0.15) is 6.33 Å². The molecule has 0 fully saturated rings. The first-order valence-electron chi connectivity index (χ1n) is 3.68. The van der Waals surface area contributed by atoms with Crippen LogP contribution in [0.15, 0.2) is 18.6 Å². The molecule has 0 amide bonds. The van der Waals surface area contributed by atoms with Crippen LogP contribution in [-0.4, -0.2) is 28.4 Å². The van der Waals surface area contributed by atoms with Gasteiger partial charge in [-0.25, -0.2) is 0 Å². The summed E-state index contributed by atoms with van der Waals surface area (Å²) in [5.41, 5.74) is 7.39. The van der Waals surface area contributed by atoms with Crippen LogP contribution in [0.25, 0.3) is 5.65 Å². The van der Waals surface area contributed by atoms with Gasteiger partial charge in [0.05, 0.1) is 5.69 Å². The van der Waals surface area contributed by atoms with Crippen molar-refractivity contribution in [2.24, 2.45) is 0 Å². The lowest BCUT2D eigenvalue weighted by Gasteiger charge is -2.11. The van der Waals surface area contributed by atoms with Crippen LogP contribution in [0, 0.1) is 0 Å². The molecule has 2 heterocycles. The lowest BCUT2D eigenvalue weighted by molar-refractivity contribution is 0.661. The number of aromatic nitrogens is 3. The Kier molecular flexibility index (Phi) is 1.27. The minimum Gasteiger partial charge on any atom is -0.396 e. The van der Waals surface area contributed by atoms with E-state index in [0.717, 1.165) is 11.3 Å². The predicted molar refractivity (Wildman–Crippen MR) is 47.7 cm³/mol. The number of rotatable bonds is 1. The quantitative estimate of drug-likeness (QED) is 0.642. The summed E-state index contributed by atoms with van der Waals surface area (Å²) in [4.78, 5) is 1.75. The third-order valence-corrected chi connectivity index (χ3v) is 1.77. The van der Waals surface area contributed by atoms with Crippen molar-refractivity contribution in [3.8, 4) is 0 Å². The van der Waals surface area contributed by atoms with Gasteiger partial charge >= 0.3 is 0 Å². The molecule has 0 bridgehead atoms. The molecule has 0 radical (unpaired) electrons. The average Bonchev–Trinajstić information content (AvgIpc) is 2.53. The van der Waals surface area contributed by atoms with Crippen LogP contribution in [0.5, 0.6) is 0 Å². The van der Waals surface area contributed by atoms with Gasteiger partial charge in [-0.3, -0.25) is 4.40 Å². The van der Waals surface area contributed by atoms with Crippen LogP contribution >= 0.6 is 0 Å². The van der Waals surface area contributed by atoms with E-state index in [1.165, 1.54) is 0 Å². The minimum absolute atomic E-state index is 0.737. The molecule has 2 rings (SSSR count). The molecule has 2 aromatic rings. The minimum atomic E-state index is 0.737. The van der Waals surface area contributed by atoms with E-state index in [-0.39, 0.29) is 0 Å². The summed E-state index contributed by atoms with van der Waals surface area (Å²) >= 11 is 0. The van der Waals surface area contributed by atoms with E-state index in [1.807, 2.05) is 35.8 Å². The summed E-state index contributed by atoms with van der Waals surface area (Å²) in [5.74, 6) is 0. The van der Waals surface area contributed by atoms with Gasteiger partial charge in [0.15, 0.2) is 5.65 Å². The van der Waals surface area contributed by atoms with Gasteiger partial charge in [-0.2, -0.15) is 4.79 Å². The maximum absolute atomic E-state index is 5.75. The molecular formula is C7H11N5. The lowest BCUT2D eigenvalue weighted by Crippen LogP contribution is -2.26. The number of nitrogens with zero attached hydrogens (tertiary/aromatic N) is 4. The average molecular weight is 165 g/mol. The van der Waals surface area contributed by atoms with Gasteiger partial charge in [0, 0.05) is 20.3 Å². The van der Waals surface area contributed by atoms with Crippen molar-refractivity contribution in [1.29, 1.82) is 0 Å². The molecule has 0 spiro atoms. The zero-order chi connectivity index (χ0) is 8.72. The largest absolute Gasteiger partial charge is 0.396 e. The fourth-order valence-corrected chi connectivity index (χ4v) is 1.22. The number of hydrogen-bond donors (Lipinski definition) is 1. The molecule has 0 aromatic carbocycles. The highest BCUT2D eigenvalue weighted by molar-refractivity contribution is 5.65. The Hall–Kier alpha value is -1.65. The Bertz CT molecular complexity index is 397. The second-order valence-corrected chi connectivity index (χ2v) is 2.87. The third-order valence-electron chi connectivity index (χ3n) is 1.77. The van der Waals surface area contributed by atoms with E-state index < -0.39 is 0 Å². The van der Waals surface area contributed by atoms with E-state index >= 15 is 0 Å². The molecule has 0 saturated heterocycles. The zero-order valence-corrected chi connectivity index (χ0v) is 7.10. The molecular weight excluding hydrogens is 154 g/mol. The van der Waals surface area contributed by atoms with Crippen LogP contribution < -0.4 is 10.7 Å². The summed E-state index contributed by atoms with van der Waals surface area (Å²) in [7, 11) is 3.83. The van der Waals surface area contributed by atoms with Crippen LogP contribution in [0.3, 0.4) is 0 Å². The van der Waals surface area contributed by atoms with Crippen molar-refractivity contribution >= 4 is 11.3 Å². The Balaban J connectivity index is 2.75. The third kappa shape index (κ3) is 0.761. The van der Waals surface area contributed by atoms with Crippen molar-refractivity contribution < 1.29 is 0 Å². The zero-order valence-electron chi connectivity index (χ0n) is 7.10. The van der Waals surface area contributed by atoms with Crippen LogP contribution in [-0.2, 0) is 0 Å². The Morgan fingerprint density at radius 3 is 2.92 bits per heavy atom. The van der Waals surface area contributed by atoms with E-state index in [0.29, 0.717) is 0 Å². The number of nitrogens with two attached hydrogens (primary N) is 1. The topological polar surface area (TPSA) is 51.5 Å². The maximum atomic E-state index is 5.75. The van der Waals surface area contributed by atoms with Gasteiger partial charge in [0.25, 0.3) is 0 Å². The molecule has 0 aliphatic heterocycles. The Labute approximate surface area is 70.0 Å². The molecule has 64 valence electrons. The number of nitrogen functional groups attached to an aromatic ring is 1. The molecule has 5 nitrogen and oxygen atoms in total. The summed E-state index contributed by atoms with van der Waals surface area (Å²) < 4.78 is 1.88. The van der Waals surface area contributed by atoms with Gasteiger partial charge in [0.2, 0.25) is 0 Å². The van der Waals surface area contributed by atoms with Crippen LogP contribution in [0.4, 0.5) is 5.69 Å². The second kappa shape index (κ2) is 2.17. The maximum Gasteiger partial charge on any atom is 0.181 e. The predicted octanol–water partition coefficient (Wildman–Crippen LogP) is -0.0844. The molecule has 0 unspecified atom stereocenters. The summed E-state index contributed by atoms with van der Waals surface area (Å²) in [5, 5.41) is 6.01. The highest BCUT2D eigenvalue weighted by atomic mass is 15.7. The molecule has 0 aliphatic carbocycles. The lowest BCUT2D eigenvalue weighted by atomic mass is 10.5. The van der Waals surface area contributed by atoms with Crippen molar-refractivity contribution in [3.05, 3.63) is 18.6 Å². The van der Waals surface area contributed by atoms with Crippen molar-refractivity contribution in [2.75, 3.05) is 24.8 Å². The molecule has 2 N–H and O–H groups in total. The van der Waals surface area contributed by atoms with Gasteiger partial charge in [-0.1, -0.05) is 0 Å². The molecule has 0 saturated carbocycles. The Morgan fingerprint density at radius 1 is 1.50 bits per heavy atom. The van der Waals surface area contributed by atoms with E-state index in [9.17, 15) is 0 Å². The Morgan fingerprint density at radius 2 is 2.25 bits per heavy atom. The fraction of sp³-hybridized carbons (Fsp3) is 0.286. The van der Waals surface area contributed by atoms with Crippen molar-refractivity contribution in [1.82, 2.24) is 14.3 Å². The first kappa shape index (κ1) is 7.02. The summed E-state index contributed by atoms with van der Waals surface area (Å²) in [6.07, 6.45) is 3.61. The van der Waals surface area contributed by atoms with Gasteiger partial charge < -0.3 is 10.7 Å². The molecule has 0 aliphatic rings. The monoisotopic (exact) mass is 165 g/mol. The van der Waals surface area contributed by atoms with Crippen LogP contribution in [0.1, 0.15) is 0 Å². The van der Waals surface area contributed by atoms with Gasteiger partial charge in [-0.05, 0) is 6.07 Å². The fourth-order valence-electron chi connectivity index (χ4n) is 1.22. The second-order valence-electron chi connectivity index (χ2n) is 2.87. The van der Waals surface area contributed by atoms with Crippen LogP contribution in [0.2, 0.25) is 0 Å². The van der Waals surface area contributed by atoms with Gasteiger partial charge in [-0.15, -0.1) is 5.10 Å². The molecule has 2 aromatic heterocycles. The molecule has 12 heavy (non-hydrogen) atoms. The number of hydrogen-bond acceptors (Lipinski definition) is 3. The first-order chi connectivity index (χ1) is 5.70. The van der Waals surface area contributed by atoms with E-state index in [1.54, 1.807) is 11.1 Å². The highest BCUT2D eigenvalue weighted by Gasteiger charge is 2.06. The van der Waals surface area contributed by atoms with Crippen molar-refractivity contribution in [3.63, 3.8) is 0 Å². The van der Waals surface area contributed by atoms with E-state index in [4.69, 9.17) is 5.73 Å². The summed E-state index contributed by atoms with van der Waals surface area (Å²) in [6, 6.07) is 1.86. The molecule has 0 atom stereocenters. The molecule has 5 heteroatoms. The first-order valence-corrected chi connectivity index (χ1v) is 3.68. The van der Waals surface area contributed by atoms with E-state index in [2.05, 4.69) is 5.10 Å². The number of fused-ring (bicyclic) bond motifs is 1. The normalized spacial score (nSPS) is 10.8. The smallest absolute Gasteiger partial charge is 0.181 e. The number of anilines is 1. The highest BCUT2D eigenvalue weighted by Crippen LogP contribution is 2.13. The summed E-state index contributed by atoms with van der Waals surface area (Å²) in [6.45, 7) is 0. The van der Waals surface area contributed by atoms with Crippen molar-refractivity contribution in [2.45, 2.75) is 0 Å².